The number of aromatic amines is 1. The van der Waals surface area contributed by atoms with Crippen LogP contribution >= 0.6 is 11.3 Å². The van der Waals surface area contributed by atoms with Crippen LogP contribution in [0.3, 0.4) is 0 Å². The van der Waals surface area contributed by atoms with Crippen molar-refractivity contribution in [2.75, 3.05) is 11.9 Å². The molecule has 0 radical (unpaired) electrons. The molecule has 8 nitrogen and oxygen atoms in total. The van der Waals surface area contributed by atoms with Crippen LogP contribution in [-0.2, 0) is 11.8 Å². The molecule has 1 amide bonds. The van der Waals surface area contributed by atoms with E-state index in [1.807, 2.05) is 39.0 Å². The summed E-state index contributed by atoms with van der Waals surface area (Å²) in [6.07, 6.45) is 0. The molecule has 0 aliphatic heterocycles. The minimum atomic E-state index is -0.308. The van der Waals surface area contributed by atoms with Crippen LogP contribution in [0.1, 0.15) is 16.1 Å². The number of carbonyl (C=O) groups excluding carboxylic acids is 1. The second kappa shape index (κ2) is 7.08. The zero-order valence-corrected chi connectivity index (χ0v) is 16.8. The van der Waals surface area contributed by atoms with Gasteiger partial charge in [-0.1, -0.05) is 0 Å². The summed E-state index contributed by atoms with van der Waals surface area (Å²) in [5.41, 5.74) is 3.51. The summed E-state index contributed by atoms with van der Waals surface area (Å²) in [5.74, 6) is 0.542. The van der Waals surface area contributed by atoms with Crippen LogP contribution in [0.4, 0.5) is 5.82 Å². The Balaban J connectivity index is 1.44. The molecule has 0 bridgehead atoms. The lowest BCUT2D eigenvalue weighted by Crippen LogP contribution is -2.20. The second-order valence-corrected chi connectivity index (χ2v) is 7.91. The summed E-state index contributed by atoms with van der Waals surface area (Å²) in [7, 11) is 1.80. The number of ether oxygens (including phenoxy) is 1. The predicted octanol–water partition coefficient (Wildman–Crippen LogP) is 3.36. The van der Waals surface area contributed by atoms with Crippen LogP contribution in [0.5, 0.6) is 5.88 Å². The van der Waals surface area contributed by atoms with Crippen molar-refractivity contribution in [3.8, 4) is 16.5 Å². The summed E-state index contributed by atoms with van der Waals surface area (Å²) in [6, 6.07) is 7.83. The minimum Gasteiger partial charge on any atom is -0.466 e. The lowest BCUT2D eigenvalue weighted by molar-refractivity contribution is -0.118. The minimum absolute atomic E-state index is 0.167. The molecule has 0 saturated heterocycles. The fourth-order valence-corrected chi connectivity index (χ4v) is 3.89. The summed E-state index contributed by atoms with van der Waals surface area (Å²) in [6.45, 7) is 5.79. The Kier molecular flexibility index (Phi) is 4.60. The zero-order chi connectivity index (χ0) is 19.8. The Morgan fingerprint density at radius 3 is 2.86 bits per heavy atom. The number of pyridine rings is 1. The molecule has 0 saturated carbocycles. The van der Waals surface area contributed by atoms with Gasteiger partial charge in [0.15, 0.2) is 18.1 Å². The van der Waals surface area contributed by atoms with Crippen molar-refractivity contribution in [2.24, 2.45) is 7.05 Å². The topological polar surface area (TPSA) is 97.7 Å². The van der Waals surface area contributed by atoms with E-state index in [2.05, 4.69) is 25.6 Å². The van der Waals surface area contributed by atoms with Crippen LogP contribution in [0.25, 0.3) is 21.6 Å². The highest BCUT2D eigenvalue weighted by Gasteiger charge is 2.16. The van der Waals surface area contributed by atoms with Crippen molar-refractivity contribution in [2.45, 2.75) is 20.8 Å². The lowest BCUT2D eigenvalue weighted by Gasteiger charge is -2.04. The molecule has 4 heterocycles. The van der Waals surface area contributed by atoms with Crippen LogP contribution in [0.2, 0.25) is 0 Å². The van der Waals surface area contributed by atoms with Crippen molar-refractivity contribution >= 4 is 34.1 Å². The van der Waals surface area contributed by atoms with E-state index >= 15 is 0 Å². The van der Waals surface area contributed by atoms with Crippen molar-refractivity contribution in [1.82, 2.24) is 25.0 Å². The van der Waals surface area contributed by atoms with Gasteiger partial charge in [-0.2, -0.15) is 5.10 Å². The largest absolute Gasteiger partial charge is 0.466 e. The second-order valence-electron chi connectivity index (χ2n) is 6.62. The molecule has 0 aliphatic rings. The molecule has 4 aromatic heterocycles. The van der Waals surface area contributed by atoms with Gasteiger partial charge in [0.25, 0.3) is 5.91 Å². The number of hydrogen-bond acceptors (Lipinski definition) is 6. The van der Waals surface area contributed by atoms with E-state index < -0.39 is 0 Å². The highest BCUT2D eigenvalue weighted by molar-refractivity contribution is 7.15. The Morgan fingerprint density at radius 2 is 2.11 bits per heavy atom. The predicted molar refractivity (Wildman–Crippen MR) is 109 cm³/mol. The normalized spacial score (nSPS) is 11.1. The first-order chi connectivity index (χ1) is 13.4. The fraction of sp³-hybridized carbons (Fsp3) is 0.263. The number of anilines is 1. The first kappa shape index (κ1) is 18.2. The van der Waals surface area contributed by atoms with E-state index in [4.69, 9.17) is 4.74 Å². The first-order valence-electron chi connectivity index (χ1n) is 8.76. The summed E-state index contributed by atoms with van der Waals surface area (Å²) in [4.78, 5) is 19.1. The number of amides is 1. The van der Waals surface area contributed by atoms with E-state index in [9.17, 15) is 4.79 Å². The van der Waals surface area contributed by atoms with E-state index in [0.717, 1.165) is 32.9 Å². The molecule has 4 aromatic rings. The molecule has 0 unspecified atom stereocenters. The molecular weight excluding hydrogens is 376 g/mol. The molecule has 2 N–H and O–H groups in total. The molecule has 4 rings (SSSR count). The average molecular weight is 396 g/mol. The van der Waals surface area contributed by atoms with Crippen molar-refractivity contribution < 1.29 is 9.53 Å². The highest BCUT2D eigenvalue weighted by atomic mass is 32.1. The molecule has 144 valence electrons. The molecule has 28 heavy (non-hydrogen) atoms. The Hall–Kier alpha value is -3.20. The summed E-state index contributed by atoms with van der Waals surface area (Å²) in [5, 5.41) is 15.0. The molecule has 0 aliphatic carbocycles. The van der Waals surface area contributed by atoms with E-state index in [1.54, 1.807) is 29.1 Å². The van der Waals surface area contributed by atoms with Gasteiger partial charge in [0.2, 0.25) is 5.88 Å². The average Bonchev–Trinajstić information content (AvgIpc) is 3.33. The third-order valence-corrected chi connectivity index (χ3v) is 5.31. The Morgan fingerprint density at radius 1 is 1.29 bits per heavy atom. The molecule has 0 fully saturated rings. The van der Waals surface area contributed by atoms with E-state index in [1.165, 1.54) is 4.88 Å². The summed E-state index contributed by atoms with van der Waals surface area (Å²) >= 11 is 1.66. The molecule has 0 aromatic carbocycles. The number of aromatic nitrogens is 5. The fourth-order valence-electron chi connectivity index (χ4n) is 3.05. The maximum absolute atomic E-state index is 12.3. The smallest absolute Gasteiger partial charge is 0.263 e. The van der Waals surface area contributed by atoms with E-state index in [0.29, 0.717) is 11.7 Å². The first-order valence-corrected chi connectivity index (χ1v) is 9.58. The maximum Gasteiger partial charge on any atom is 0.263 e. The number of carbonyl (C=O) groups is 1. The Labute approximate surface area is 165 Å². The van der Waals surface area contributed by atoms with Gasteiger partial charge < -0.3 is 10.1 Å². The molecule has 0 atom stereocenters. The monoisotopic (exact) mass is 396 g/mol. The van der Waals surface area contributed by atoms with Gasteiger partial charge >= 0.3 is 0 Å². The number of aryl methyl sites for hydroxylation is 4. The van der Waals surface area contributed by atoms with Gasteiger partial charge in [-0.15, -0.1) is 16.4 Å². The standard InChI is InChI=1S/C19H20N6O2S/c1-10-7-11(2)20-18-17(10)19(24-25(18)4)27-9-16(26)21-15-8-13(22-23-15)14-6-5-12(3)28-14/h5-8H,9H2,1-4H3,(H2,21,22,23,26). The number of fused-ring (bicyclic) bond motifs is 1. The van der Waals surface area contributed by atoms with Gasteiger partial charge in [0, 0.05) is 23.7 Å². The van der Waals surface area contributed by atoms with Gasteiger partial charge in [-0.25, -0.2) is 9.67 Å². The van der Waals surface area contributed by atoms with Gasteiger partial charge in [-0.3, -0.25) is 9.89 Å². The number of H-pyrrole nitrogens is 1. The number of nitrogens with one attached hydrogen (secondary N) is 2. The van der Waals surface area contributed by atoms with Crippen LogP contribution < -0.4 is 10.1 Å². The van der Waals surface area contributed by atoms with Crippen LogP contribution in [-0.4, -0.2) is 37.5 Å². The quantitative estimate of drug-likeness (QED) is 0.539. The number of hydrogen-bond donors (Lipinski definition) is 2. The molecular formula is C19H20N6O2S. The lowest BCUT2D eigenvalue weighted by atomic mass is 10.2. The third-order valence-electron chi connectivity index (χ3n) is 4.28. The van der Waals surface area contributed by atoms with Gasteiger partial charge in [-0.05, 0) is 44.5 Å². The maximum atomic E-state index is 12.3. The molecule has 9 heteroatoms. The SMILES string of the molecule is Cc1cc(C)c2c(OCC(=O)Nc3cc(-c4ccc(C)s4)[nH]n3)nn(C)c2n1. The molecule has 0 spiro atoms. The van der Waals surface area contributed by atoms with Crippen molar-refractivity contribution in [3.05, 3.63) is 40.4 Å². The number of thiophene rings is 1. The number of rotatable bonds is 5. The zero-order valence-electron chi connectivity index (χ0n) is 16.0. The van der Waals surface area contributed by atoms with Gasteiger partial charge in [0.05, 0.1) is 16.0 Å². The van der Waals surface area contributed by atoms with Crippen molar-refractivity contribution in [3.63, 3.8) is 0 Å². The number of nitrogens with zero attached hydrogens (tertiary/aromatic N) is 4. The highest BCUT2D eigenvalue weighted by Crippen LogP contribution is 2.28. The third kappa shape index (κ3) is 3.48. The summed E-state index contributed by atoms with van der Waals surface area (Å²) < 4.78 is 7.33. The van der Waals surface area contributed by atoms with Crippen LogP contribution in [0.15, 0.2) is 24.3 Å². The van der Waals surface area contributed by atoms with Crippen LogP contribution in [0, 0.1) is 20.8 Å². The Bertz CT molecular complexity index is 1170. The van der Waals surface area contributed by atoms with Gasteiger partial charge in [0.1, 0.15) is 0 Å². The van der Waals surface area contributed by atoms with E-state index in [-0.39, 0.29) is 12.5 Å². The van der Waals surface area contributed by atoms with Crippen molar-refractivity contribution in [1.29, 1.82) is 0 Å².